The van der Waals surface area contributed by atoms with Gasteiger partial charge in [-0.25, -0.2) is 8.42 Å². The van der Waals surface area contributed by atoms with Crippen LogP contribution < -0.4 is 9.62 Å². The molecule has 0 saturated heterocycles. The minimum atomic E-state index is -3.45. The monoisotopic (exact) mass is 446 g/mol. The zero-order valence-electron chi connectivity index (χ0n) is 14.9. The molecule has 5 nitrogen and oxygen atoms in total. The Kier molecular flexibility index (Phi) is 7.85. The van der Waals surface area contributed by atoms with Crippen molar-refractivity contribution in [1.29, 1.82) is 0 Å². The van der Waals surface area contributed by atoms with Gasteiger partial charge in [0.15, 0.2) is 0 Å². The van der Waals surface area contributed by atoms with Gasteiger partial charge in [-0.05, 0) is 29.8 Å². The highest BCUT2D eigenvalue weighted by Gasteiger charge is 2.19. The Balaban J connectivity index is 1.88. The van der Waals surface area contributed by atoms with E-state index in [1.807, 2.05) is 12.1 Å². The maximum absolute atomic E-state index is 12.4. The third-order valence-electron chi connectivity index (χ3n) is 3.77. The molecule has 0 atom stereocenters. The zero-order chi connectivity index (χ0) is 20.0. The van der Waals surface area contributed by atoms with E-state index in [2.05, 4.69) is 5.32 Å². The molecule has 0 fully saturated rings. The standard InChI is InChI=1S/C18H20Cl2N2O3S2/c1-22(27(2,24)25)17-6-4-3-5-14(17)18(23)21-9-10-26-12-13-7-8-15(19)16(20)11-13/h3-8,11H,9-10,12H2,1-2H3,(H,21,23). The number of thioether (sulfide) groups is 1. The summed E-state index contributed by atoms with van der Waals surface area (Å²) in [5.74, 6) is 1.15. The molecule has 0 aliphatic carbocycles. The van der Waals surface area contributed by atoms with E-state index in [1.54, 1.807) is 42.1 Å². The van der Waals surface area contributed by atoms with Crippen LogP contribution in [0.5, 0.6) is 0 Å². The molecule has 1 N–H and O–H groups in total. The van der Waals surface area contributed by atoms with Gasteiger partial charge in [0.25, 0.3) is 5.91 Å². The summed E-state index contributed by atoms with van der Waals surface area (Å²) in [5.41, 5.74) is 1.72. The highest BCUT2D eigenvalue weighted by Crippen LogP contribution is 2.25. The van der Waals surface area contributed by atoms with Gasteiger partial charge in [-0.15, -0.1) is 0 Å². The fourth-order valence-corrected chi connectivity index (χ4v) is 3.91. The highest BCUT2D eigenvalue weighted by atomic mass is 35.5. The minimum Gasteiger partial charge on any atom is -0.351 e. The number of rotatable bonds is 8. The predicted octanol–water partition coefficient (Wildman–Crippen LogP) is 4.05. The second-order valence-electron chi connectivity index (χ2n) is 5.80. The molecule has 9 heteroatoms. The summed E-state index contributed by atoms with van der Waals surface area (Å²) in [6, 6.07) is 12.1. The average molecular weight is 447 g/mol. The third kappa shape index (κ3) is 6.31. The molecular weight excluding hydrogens is 427 g/mol. The summed E-state index contributed by atoms with van der Waals surface area (Å²) in [6.07, 6.45) is 1.10. The number of carbonyl (C=O) groups excluding carboxylic acids is 1. The van der Waals surface area contributed by atoms with E-state index in [0.29, 0.717) is 33.6 Å². The molecule has 1 amide bonds. The molecule has 0 aliphatic heterocycles. The van der Waals surface area contributed by atoms with Gasteiger partial charge >= 0.3 is 0 Å². The van der Waals surface area contributed by atoms with E-state index < -0.39 is 10.0 Å². The average Bonchev–Trinajstić information content (AvgIpc) is 2.62. The van der Waals surface area contributed by atoms with E-state index in [9.17, 15) is 13.2 Å². The molecule has 146 valence electrons. The third-order valence-corrected chi connectivity index (χ3v) is 6.73. The van der Waals surface area contributed by atoms with Crippen molar-refractivity contribution in [2.24, 2.45) is 0 Å². The Morgan fingerprint density at radius 1 is 1.15 bits per heavy atom. The Bertz CT molecular complexity index is 921. The van der Waals surface area contributed by atoms with Crippen molar-refractivity contribution in [3.8, 4) is 0 Å². The summed E-state index contributed by atoms with van der Waals surface area (Å²) in [6.45, 7) is 0.460. The number of nitrogens with one attached hydrogen (secondary N) is 1. The van der Waals surface area contributed by atoms with Crippen LogP contribution in [-0.4, -0.2) is 39.9 Å². The Morgan fingerprint density at radius 2 is 1.85 bits per heavy atom. The smallest absolute Gasteiger partial charge is 0.253 e. The van der Waals surface area contributed by atoms with E-state index in [4.69, 9.17) is 23.2 Å². The lowest BCUT2D eigenvalue weighted by Gasteiger charge is -2.19. The van der Waals surface area contributed by atoms with Crippen molar-refractivity contribution in [2.75, 3.05) is 29.9 Å². The summed E-state index contributed by atoms with van der Waals surface area (Å²) >= 11 is 13.5. The lowest BCUT2D eigenvalue weighted by atomic mass is 10.1. The first-order valence-corrected chi connectivity index (χ1v) is 11.8. The van der Waals surface area contributed by atoms with Crippen LogP contribution in [0.4, 0.5) is 5.69 Å². The summed E-state index contributed by atoms with van der Waals surface area (Å²) < 4.78 is 24.6. The number of nitrogens with zero attached hydrogens (tertiary/aromatic N) is 1. The van der Waals surface area contributed by atoms with Crippen LogP contribution in [-0.2, 0) is 15.8 Å². The van der Waals surface area contributed by atoms with Crippen LogP contribution in [0, 0.1) is 0 Å². The molecule has 2 rings (SSSR count). The van der Waals surface area contributed by atoms with E-state index in [-0.39, 0.29) is 5.91 Å². The fourth-order valence-electron chi connectivity index (χ4n) is 2.27. The second kappa shape index (κ2) is 9.68. The molecule has 0 radical (unpaired) electrons. The van der Waals surface area contributed by atoms with Crippen LogP contribution in [0.15, 0.2) is 42.5 Å². The first-order valence-electron chi connectivity index (χ1n) is 8.03. The molecule has 0 heterocycles. The maximum Gasteiger partial charge on any atom is 0.253 e. The molecule has 0 saturated carbocycles. The lowest BCUT2D eigenvalue weighted by Crippen LogP contribution is -2.30. The van der Waals surface area contributed by atoms with Gasteiger partial charge in [0.2, 0.25) is 10.0 Å². The van der Waals surface area contributed by atoms with Crippen molar-refractivity contribution >= 4 is 56.6 Å². The molecule has 27 heavy (non-hydrogen) atoms. The number of para-hydroxylation sites is 1. The largest absolute Gasteiger partial charge is 0.351 e. The number of halogens is 2. The lowest BCUT2D eigenvalue weighted by molar-refractivity contribution is 0.0957. The summed E-state index contributed by atoms with van der Waals surface area (Å²) in [4.78, 5) is 12.4. The van der Waals surface area contributed by atoms with Crippen LogP contribution in [0.1, 0.15) is 15.9 Å². The van der Waals surface area contributed by atoms with Crippen LogP contribution >= 0.6 is 35.0 Å². The van der Waals surface area contributed by atoms with E-state index in [1.165, 1.54) is 7.05 Å². The number of hydrogen-bond acceptors (Lipinski definition) is 4. The molecule has 0 aromatic heterocycles. The number of carbonyl (C=O) groups is 1. The van der Waals surface area contributed by atoms with Crippen molar-refractivity contribution in [1.82, 2.24) is 5.32 Å². The second-order valence-corrected chi connectivity index (χ2v) is 9.74. The molecule has 2 aromatic rings. The van der Waals surface area contributed by atoms with Crippen LogP contribution in [0.25, 0.3) is 0 Å². The number of hydrogen-bond donors (Lipinski definition) is 1. The molecule has 0 aliphatic rings. The molecule has 2 aromatic carbocycles. The highest BCUT2D eigenvalue weighted by molar-refractivity contribution is 7.98. The Labute approximate surface area is 174 Å². The van der Waals surface area contributed by atoms with Gasteiger partial charge in [-0.3, -0.25) is 9.10 Å². The number of sulfonamides is 1. The molecule has 0 bridgehead atoms. The van der Waals surface area contributed by atoms with Crippen LogP contribution in [0.2, 0.25) is 10.0 Å². The van der Waals surface area contributed by atoms with Crippen molar-refractivity contribution < 1.29 is 13.2 Å². The Morgan fingerprint density at radius 3 is 2.52 bits per heavy atom. The zero-order valence-corrected chi connectivity index (χ0v) is 18.1. The van der Waals surface area contributed by atoms with Gasteiger partial charge in [-0.1, -0.05) is 41.4 Å². The molecule has 0 unspecified atom stereocenters. The predicted molar refractivity (Wildman–Crippen MR) is 115 cm³/mol. The van der Waals surface area contributed by atoms with Gasteiger partial charge in [0, 0.05) is 25.1 Å². The molecular formula is C18H20Cl2N2O3S2. The summed E-state index contributed by atoms with van der Waals surface area (Å²) in [7, 11) is -2.02. The van der Waals surface area contributed by atoms with Crippen molar-refractivity contribution in [3.63, 3.8) is 0 Å². The normalized spacial score (nSPS) is 11.3. The van der Waals surface area contributed by atoms with E-state index >= 15 is 0 Å². The van der Waals surface area contributed by atoms with Gasteiger partial charge < -0.3 is 5.32 Å². The SMILES string of the molecule is CN(c1ccccc1C(=O)NCCSCc1ccc(Cl)c(Cl)c1)S(C)(=O)=O. The number of anilines is 1. The Hall–Kier alpha value is -1.41. The quantitative estimate of drug-likeness (QED) is 0.620. The topological polar surface area (TPSA) is 66.5 Å². The maximum atomic E-state index is 12.4. The van der Waals surface area contributed by atoms with Crippen molar-refractivity contribution in [2.45, 2.75) is 5.75 Å². The van der Waals surface area contributed by atoms with Crippen LogP contribution in [0.3, 0.4) is 0 Å². The van der Waals surface area contributed by atoms with E-state index in [0.717, 1.165) is 21.9 Å². The minimum absolute atomic E-state index is 0.309. The molecule has 0 spiro atoms. The van der Waals surface area contributed by atoms with Gasteiger partial charge in [0.05, 0.1) is 27.6 Å². The number of amides is 1. The first kappa shape index (κ1) is 21.9. The summed E-state index contributed by atoms with van der Waals surface area (Å²) in [5, 5.41) is 3.87. The van der Waals surface area contributed by atoms with Gasteiger partial charge in [0.1, 0.15) is 0 Å². The first-order chi connectivity index (χ1) is 12.7. The van der Waals surface area contributed by atoms with Crippen molar-refractivity contribution in [3.05, 3.63) is 63.6 Å². The van der Waals surface area contributed by atoms with Gasteiger partial charge in [-0.2, -0.15) is 11.8 Å². The fraction of sp³-hybridized carbons (Fsp3) is 0.278. The number of benzene rings is 2.